The first kappa shape index (κ1) is 14.5. The molecule has 0 heterocycles. The molecule has 3 aliphatic carbocycles. The summed E-state index contributed by atoms with van der Waals surface area (Å²) >= 11 is 0. The molecule has 0 aromatic heterocycles. The highest BCUT2D eigenvalue weighted by molar-refractivity contribution is 5.94. The first-order chi connectivity index (χ1) is 11.2. The molecule has 3 fully saturated rings. The molecule has 3 unspecified atom stereocenters. The lowest BCUT2D eigenvalue weighted by Gasteiger charge is -2.20. The summed E-state index contributed by atoms with van der Waals surface area (Å²) in [5.41, 5.74) is 1.53. The third kappa shape index (κ3) is 3.33. The van der Waals surface area contributed by atoms with Crippen LogP contribution in [0.5, 0.6) is 0 Å². The summed E-state index contributed by atoms with van der Waals surface area (Å²) in [6.45, 7) is 0. The molecule has 3 aliphatic rings. The monoisotopic (exact) mass is 313 g/mol. The quantitative estimate of drug-likeness (QED) is 0.798. The van der Waals surface area contributed by atoms with Crippen LogP contribution in [-0.2, 0) is 4.79 Å². The van der Waals surface area contributed by atoms with E-state index in [1.165, 1.54) is 19.3 Å². The minimum atomic E-state index is -0.161. The summed E-state index contributed by atoms with van der Waals surface area (Å²) < 4.78 is 0. The van der Waals surface area contributed by atoms with Crippen molar-refractivity contribution in [3.8, 4) is 0 Å². The molecule has 2 bridgehead atoms. The van der Waals surface area contributed by atoms with Gasteiger partial charge in [-0.1, -0.05) is 6.42 Å². The van der Waals surface area contributed by atoms with Crippen LogP contribution >= 0.6 is 0 Å². The number of carbonyl (C=O) groups excluding carboxylic acids is 2. The molecule has 122 valence electrons. The second-order valence-electron chi connectivity index (χ2n) is 7.22. The number of amides is 3. The molecule has 1 aromatic carbocycles. The second kappa shape index (κ2) is 5.87. The molecule has 0 radical (unpaired) electrons. The number of hydrogen-bond donors (Lipinski definition) is 3. The van der Waals surface area contributed by atoms with Crippen molar-refractivity contribution in [2.75, 3.05) is 10.6 Å². The van der Waals surface area contributed by atoms with Crippen LogP contribution in [0.15, 0.2) is 24.3 Å². The summed E-state index contributed by atoms with van der Waals surface area (Å²) in [6.07, 6.45) is 6.94. The van der Waals surface area contributed by atoms with Crippen molar-refractivity contribution in [1.29, 1.82) is 0 Å². The fourth-order valence-electron chi connectivity index (χ4n) is 4.02. The van der Waals surface area contributed by atoms with Gasteiger partial charge in [-0.05, 0) is 68.2 Å². The van der Waals surface area contributed by atoms with Crippen LogP contribution in [0.2, 0.25) is 0 Å². The molecule has 4 rings (SSSR count). The van der Waals surface area contributed by atoms with Gasteiger partial charge in [-0.2, -0.15) is 0 Å². The van der Waals surface area contributed by atoms with Gasteiger partial charge in [0.25, 0.3) is 0 Å². The predicted molar refractivity (Wildman–Crippen MR) is 89.2 cm³/mol. The Morgan fingerprint density at radius 3 is 2.13 bits per heavy atom. The van der Waals surface area contributed by atoms with E-state index in [9.17, 15) is 9.59 Å². The fourth-order valence-corrected chi connectivity index (χ4v) is 4.02. The predicted octanol–water partition coefficient (Wildman–Crippen LogP) is 3.35. The van der Waals surface area contributed by atoms with Crippen molar-refractivity contribution in [1.82, 2.24) is 5.32 Å². The molecule has 0 aliphatic heterocycles. The van der Waals surface area contributed by atoms with Crippen LogP contribution in [-0.4, -0.2) is 18.0 Å². The molecule has 3 amide bonds. The lowest BCUT2D eigenvalue weighted by molar-refractivity contribution is -0.121. The Hall–Kier alpha value is -2.04. The van der Waals surface area contributed by atoms with E-state index in [4.69, 9.17) is 0 Å². The van der Waals surface area contributed by atoms with Gasteiger partial charge in [0.2, 0.25) is 5.91 Å². The molecule has 3 saturated carbocycles. The topological polar surface area (TPSA) is 70.2 Å². The highest BCUT2D eigenvalue weighted by atomic mass is 16.2. The molecule has 3 N–H and O–H groups in total. The zero-order valence-corrected chi connectivity index (χ0v) is 13.2. The standard InChI is InChI=1S/C18H23N3O2/c22-17(16-10-11-1-2-12(16)9-11)19-13-3-5-14(6-4-13)20-18(23)21-15-7-8-15/h3-6,11-12,15-16H,1-2,7-10H2,(H,19,22)(H2,20,21,23). The maximum Gasteiger partial charge on any atom is 0.319 e. The van der Waals surface area contributed by atoms with E-state index in [2.05, 4.69) is 16.0 Å². The van der Waals surface area contributed by atoms with Gasteiger partial charge >= 0.3 is 6.03 Å². The van der Waals surface area contributed by atoms with E-state index in [0.717, 1.165) is 36.6 Å². The molecule has 23 heavy (non-hydrogen) atoms. The minimum Gasteiger partial charge on any atom is -0.335 e. The molecule has 5 nitrogen and oxygen atoms in total. The van der Waals surface area contributed by atoms with Gasteiger partial charge in [0.15, 0.2) is 0 Å². The molecule has 0 saturated heterocycles. The van der Waals surface area contributed by atoms with Gasteiger partial charge in [0.1, 0.15) is 0 Å². The van der Waals surface area contributed by atoms with Crippen molar-refractivity contribution in [2.45, 2.75) is 44.6 Å². The van der Waals surface area contributed by atoms with Crippen molar-refractivity contribution in [2.24, 2.45) is 17.8 Å². The van der Waals surface area contributed by atoms with Crippen molar-refractivity contribution in [3.63, 3.8) is 0 Å². The van der Waals surface area contributed by atoms with Crippen molar-refractivity contribution >= 4 is 23.3 Å². The zero-order valence-electron chi connectivity index (χ0n) is 13.2. The largest absolute Gasteiger partial charge is 0.335 e. The lowest BCUT2D eigenvalue weighted by atomic mass is 9.88. The minimum absolute atomic E-state index is 0.157. The third-order valence-electron chi connectivity index (χ3n) is 5.40. The first-order valence-electron chi connectivity index (χ1n) is 8.66. The molecular formula is C18H23N3O2. The zero-order chi connectivity index (χ0) is 15.8. The summed E-state index contributed by atoms with van der Waals surface area (Å²) in [6, 6.07) is 7.52. The molecule has 3 atom stereocenters. The Bertz CT molecular complexity index is 609. The number of carbonyl (C=O) groups is 2. The number of anilines is 2. The number of urea groups is 1. The van der Waals surface area contributed by atoms with Crippen LogP contribution in [0.25, 0.3) is 0 Å². The Balaban J connectivity index is 1.31. The van der Waals surface area contributed by atoms with Crippen LogP contribution in [0, 0.1) is 17.8 Å². The van der Waals surface area contributed by atoms with E-state index in [1.807, 2.05) is 24.3 Å². The van der Waals surface area contributed by atoms with E-state index in [0.29, 0.717) is 12.0 Å². The molecular weight excluding hydrogens is 290 g/mol. The molecule has 5 heteroatoms. The van der Waals surface area contributed by atoms with Crippen molar-refractivity contribution in [3.05, 3.63) is 24.3 Å². The maximum absolute atomic E-state index is 12.4. The maximum atomic E-state index is 12.4. The van der Waals surface area contributed by atoms with Gasteiger partial charge in [-0.3, -0.25) is 4.79 Å². The van der Waals surface area contributed by atoms with Crippen LogP contribution in [0.4, 0.5) is 16.2 Å². The highest BCUT2D eigenvalue weighted by Crippen LogP contribution is 2.48. The van der Waals surface area contributed by atoms with Crippen LogP contribution < -0.4 is 16.0 Å². The normalized spacial score (nSPS) is 28.4. The number of rotatable bonds is 4. The number of hydrogen-bond acceptors (Lipinski definition) is 2. The van der Waals surface area contributed by atoms with Gasteiger partial charge in [0.05, 0.1) is 0 Å². The third-order valence-corrected chi connectivity index (χ3v) is 5.40. The van der Waals surface area contributed by atoms with E-state index < -0.39 is 0 Å². The SMILES string of the molecule is O=C(Nc1ccc(NC(=O)C2CC3CCC2C3)cc1)NC1CC1. The second-order valence-corrected chi connectivity index (χ2v) is 7.22. The van der Waals surface area contributed by atoms with E-state index in [1.54, 1.807) is 0 Å². The van der Waals surface area contributed by atoms with Crippen LogP contribution in [0.1, 0.15) is 38.5 Å². The van der Waals surface area contributed by atoms with E-state index in [-0.39, 0.29) is 17.9 Å². The van der Waals surface area contributed by atoms with Gasteiger partial charge in [-0.15, -0.1) is 0 Å². The molecule has 0 spiro atoms. The summed E-state index contributed by atoms with van der Waals surface area (Å²) in [5, 5.41) is 8.71. The van der Waals surface area contributed by atoms with E-state index >= 15 is 0 Å². The first-order valence-corrected chi connectivity index (χ1v) is 8.66. The fraction of sp³-hybridized carbons (Fsp3) is 0.556. The van der Waals surface area contributed by atoms with Gasteiger partial charge in [-0.25, -0.2) is 4.79 Å². The Morgan fingerprint density at radius 1 is 0.870 bits per heavy atom. The van der Waals surface area contributed by atoms with Gasteiger partial charge in [0, 0.05) is 23.3 Å². The lowest BCUT2D eigenvalue weighted by Crippen LogP contribution is -2.30. The van der Waals surface area contributed by atoms with Gasteiger partial charge < -0.3 is 16.0 Å². The summed E-state index contributed by atoms with van der Waals surface area (Å²) in [4.78, 5) is 24.1. The van der Waals surface area contributed by atoms with Crippen LogP contribution in [0.3, 0.4) is 0 Å². The average Bonchev–Trinajstić information content (AvgIpc) is 3.09. The Morgan fingerprint density at radius 2 is 1.57 bits per heavy atom. The Kier molecular flexibility index (Phi) is 3.71. The number of benzene rings is 1. The highest BCUT2D eigenvalue weighted by Gasteiger charge is 2.42. The summed E-state index contributed by atoms with van der Waals surface area (Å²) in [7, 11) is 0. The summed E-state index contributed by atoms with van der Waals surface area (Å²) in [5.74, 6) is 1.71. The average molecular weight is 313 g/mol. The molecule has 1 aromatic rings. The Labute approximate surface area is 136 Å². The smallest absolute Gasteiger partial charge is 0.319 e. The number of fused-ring (bicyclic) bond motifs is 2. The number of nitrogens with one attached hydrogen (secondary N) is 3. The van der Waals surface area contributed by atoms with Crippen molar-refractivity contribution < 1.29 is 9.59 Å².